The van der Waals surface area contributed by atoms with E-state index in [0.717, 1.165) is 31.7 Å². The van der Waals surface area contributed by atoms with Gasteiger partial charge in [-0.3, -0.25) is 4.79 Å². The summed E-state index contributed by atoms with van der Waals surface area (Å²) >= 11 is 5.28. The van der Waals surface area contributed by atoms with E-state index in [1.54, 1.807) is 0 Å². The van der Waals surface area contributed by atoms with Gasteiger partial charge in [-0.15, -0.1) is 0 Å². The highest BCUT2D eigenvalue weighted by Gasteiger charge is 2.53. The van der Waals surface area contributed by atoms with Gasteiger partial charge in [0.2, 0.25) is 5.91 Å². The number of fused-ring (bicyclic) bond motifs is 1. The van der Waals surface area contributed by atoms with Crippen molar-refractivity contribution in [3.05, 3.63) is 0 Å². The molecule has 3 rings (SSSR count). The Morgan fingerprint density at radius 1 is 1.00 bits per heavy atom. The van der Waals surface area contributed by atoms with Crippen molar-refractivity contribution in [2.45, 2.75) is 125 Å². The van der Waals surface area contributed by atoms with Crippen molar-refractivity contribution in [2.24, 2.45) is 22.7 Å². The van der Waals surface area contributed by atoms with Crippen LogP contribution in [0, 0.1) is 22.7 Å². The number of hydrogen-bond acceptors (Lipinski definition) is 2. The number of halogens is 2. The molecule has 31 heavy (non-hydrogen) atoms. The first-order valence-corrected chi connectivity index (χ1v) is 14.5. The largest absolute Gasteiger partial charge is 0.370 e. The summed E-state index contributed by atoms with van der Waals surface area (Å²) in [5.74, 6) is 1.78. The number of ether oxygens (including phenoxy) is 1. The lowest BCUT2D eigenvalue weighted by Crippen LogP contribution is -2.55. The highest BCUT2D eigenvalue weighted by atomic mass is 127. The summed E-state index contributed by atoms with van der Waals surface area (Å²) < 4.78 is 6.31. The average Bonchev–Trinajstić information content (AvgIpc) is 3.27. The van der Waals surface area contributed by atoms with E-state index >= 15 is 0 Å². The van der Waals surface area contributed by atoms with Crippen molar-refractivity contribution < 1.29 is 9.53 Å². The van der Waals surface area contributed by atoms with Crippen molar-refractivity contribution in [1.29, 1.82) is 0 Å². The van der Waals surface area contributed by atoms with Crippen LogP contribution in [0.2, 0.25) is 0 Å². The van der Waals surface area contributed by atoms with Crippen LogP contribution in [0.1, 0.15) is 100 Å². The molecule has 0 spiro atoms. The number of epoxide rings is 1. The van der Waals surface area contributed by atoms with Crippen LogP contribution < -0.4 is 0 Å². The van der Waals surface area contributed by atoms with Crippen LogP contribution in [0.3, 0.4) is 0 Å². The molecule has 3 aliphatic rings. The standard InChI is InChI=1S/C26H45I2NO2/c1-23(2,15-18(26(7,8)28)17-11-12-19-20(14-17)31-19)25(5,6)21(16-24(3,4)27)29-13-9-10-22(29)30/h17-21H,9-16H2,1-8H3. The predicted octanol–water partition coefficient (Wildman–Crippen LogP) is 7.42. The van der Waals surface area contributed by atoms with Crippen molar-refractivity contribution in [2.75, 3.05) is 6.54 Å². The monoisotopic (exact) mass is 657 g/mol. The highest BCUT2D eigenvalue weighted by Crippen LogP contribution is 2.55. The Kier molecular flexibility index (Phi) is 7.83. The molecule has 1 aliphatic carbocycles. The van der Waals surface area contributed by atoms with E-state index in [9.17, 15) is 4.79 Å². The predicted molar refractivity (Wildman–Crippen MR) is 147 cm³/mol. The molecule has 1 amide bonds. The number of rotatable bonds is 9. The zero-order valence-corrected chi connectivity index (χ0v) is 25.4. The van der Waals surface area contributed by atoms with Gasteiger partial charge >= 0.3 is 0 Å². The van der Waals surface area contributed by atoms with Crippen molar-refractivity contribution in [1.82, 2.24) is 4.90 Å². The SMILES string of the molecule is CC(C)(I)CC(N1CCCC1=O)C(C)(C)C(C)(C)CC(C1CCC2OC2C1)C(C)(C)I. The molecule has 5 heteroatoms. The Hall–Kier alpha value is 0.890. The molecule has 0 radical (unpaired) electrons. The Morgan fingerprint density at radius 3 is 2.13 bits per heavy atom. The van der Waals surface area contributed by atoms with Gasteiger partial charge in [-0.2, -0.15) is 0 Å². The fourth-order valence-electron chi connectivity index (χ4n) is 6.25. The second-order valence-electron chi connectivity index (χ2n) is 12.9. The van der Waals surface area contributed by atoms with Crippen LogP contribution in [0.4, 0.5) is 0 Å². The van der Waals surface area contributed by atoms with Gasteiger partial charge in [-0.1, -0.05) is 101 Å². The first-order valence-electron chi connectivity index (χ1n) is 12.4. The van der Waals surface area contributed by atoms with Gasteiger partial charge in [-0.25, -0.2) is 0 Å². The van der Waals surface area contributed by atoms with Gasteiger partial charge in [0, 0.05) is 25.9 Å². The summed E-state index contributed by atoms with van der Waals surface area (Å²) in [6.07, 6.45) is 8.89. The second-order valence-corrected chi connectivity index (χ2v) is 18.6. The maximum Gasteiger partial charge on any atom is 0.222 e. The van der Waals surface area contributed by atoms with Gasteiger partial charge in [0.1, 0.15) is 0 Å². The van der Waals surface area contributed by atoms with Crippen molar-refractivity contribution in [3.63, 3.8) is 0 Å². The van der Waals surface area contributed by atoms with E-state index in [4.69, 9.17) is 4.74 Å². The van der Waals surface area contributed by atoms with Gasteiger partial charge in [0.05, 0.1) is 12.2 Å². The molecular formula is C26H45I2NO2. The fourth-order valence-corrected chi connectivity index (χ4v) is 7.39. The molecule has 2 aliphatic heterocycles. The van der Waals surface area contributed by atoms with Crippen LogP contribution in [0.25, 0.3) is 0 Å². The van der Waals surface area contributed by atoms with Crippen molar-refractivity contribution >= 4 is 51.1 Å². The van der Waals surface area contributed by atoms with E-state index in [0.29, 0.717) is 24.0 Å². The van der Waals surface area contributed by atoms with Crippen LogP contribution in [0.5, 0.6) is 0 Å². The van der Waals surface area contributed by atoms with Crippen LogP contribution >= 0.6 is 45.2 Å². The maximum atomic E-state index is 12.9. The fraction of sp³-hybridized carbons (Fsp3) is 0.962. The Bertz CT molecular complexity index is 661. The number of carbonyl (C=O) groups is 1. The lowest BCUT2D eigenvalue weighted by atomic mass is 9.56. The number of hydrogen-bond donors (Lipinski definition) is 0. The second kappa shape index (κ2) is 9.16. The van der Waals surface area contributed by atoms with E-state index in [-0.39, 0.29) is 23.7 Å². The zero-order valence-electron chi connectivity index (χ0n) is 21.1. The van der Waals surface area contributed by atoms with Gasteiger partial charge in [0.15, 0.2) is 0 Å². The summed E-state index contributed by atoms with van der Waals surface area (Å²) in [7, 11) is 0. The molecular weight excluding hydrogens is 612 g/mol. The third-order valence-corrected chi connectivity index (χ3v) is 10.2. The van der Waals surface area contributed by atoms with E-state index in [1.807, 2.05) is 0 Å². The molecule has 5 unspecified atom stereocenters. The summed E-state index contributed by atoms with van der Waals surface area (Å²) in [5, 5.41) is 0. The number of likely N-dealkylation sites (tertiary alicyclic amines) is 1. The zero-order chi connectivity index (χ0) is 23.4. The molecule has 0 bridgehead atoms. The number of amides is 1. The maximum absolute atomic E-state index is 12.9. The van der Waals surface area contributed by atoms with Crippen LogP contribution in [-0.2, 0) is 9.53 Å². The first kappa shape index (κ1) is 26.5. The quantitative estimate of drug-likeness (QED) is 0.147. The number of alkyl halides is 2. The molecule has 0 aromatic rings. The van der Waals surface area contributed by atoms with Crippen LogP contribution in [0.15, 0.2) is 0 Å². The normalized spacial score (nSPS) is 29.7. The lowest BCUT2D eigenvalue weighted by Gasteiger charge is -2.54. The molecule has 2 heterocycles. The minimum absolute atomic E-state index is 0.0306. The molecule has 0 aromatic heterocycles. The summed E-state index contributed by atoms with van der Waals surface area (Å²) in [5.41, 5.74) is 0.152. The van der Waals surface area contributed by atoms with Gasteiger partial charge < -0.3 is 9.64 Å². The van der Waals surface area contributed by atoms with Crippen molar-refractivity contribution in [3.8, 4) is 0 Å². The van der Waals surface area contributed by atoms with E-state index in [1.165, 1.54) is 25.7 Å². The molecule has 5 atom stereocenters. The molecule has 0 aromatic carbocycles. The number of carbonyl (C=O) groups excluding carboxylic acids is 1. The highest BCUT2D eigenvalue weighted by molar-refractivity contribution is 14.1. The molecule has 180 valence electrons. The summed E-state index contributed by atoms with van der Waals surface area (Å²) in [6, 6.07) is 0.282. The third kappa shape index (κ3) is 6.12. The van der Waals surface area contributed by atoms with E-state index in [2.05, 4.69) is 105 Å². The molecule has 3 nitrogen and oxygen atoms in total. The minimum atomic E-state index is 0.0306. The average molecular weight is 657 g/mol. The Morgan fingerprint density at radius 2 is 1.65 bits per heavy atom. The number of nitrogens with zero attached hydrogens (tertiary/aromatic N) is 1. The summed E-state index contributed by atoms with van der Waals surface area (Å²) in [6.45, 7) is 20.3. The third-order valence-electron chi connectivity index (χ3n) is 8.97. The first-order chi connectivity index (χ1) is 14.0. The van der Waals surface area contributed by atoms with Crippen LogP contribution in [-0.4, -0.2) is 42.4 Å². The molecule has 2 saturated heterocycles. The molecule has 1 saturated carbocycles. The Balaban J connectivity index is 1.86. The lowest BCUT2D eigenvalue weighted by molar-refractivity contribution is -0.135. The van der Waals surface area contributed by atoms with Gasteiger partial charge in [-0.05, 0) is 61.2 Å². The smallest absolute Gasteiger partial charge is 0.222 e. The summed E-state index contributed by atoms with van der Waals surface area (Å²) in [4.78, 5) is 15.1. The van der Waals surface area contributed by atoms with E-state index < -0.39 is 0 Å². The molecule has 0 N–H and O–H groups in total. The molecule has 3 fully saturated rings. The minimum Gasteiger partial charge on any atom is -0.370 e. The van der Waals surface area contributed by atoms with Gasteiger partial charge in [0.25, 0.3) is 0 Å². The topological polar surface area (TPSA) is 32.8 Å². The Labute approximate surface area is 218 Å².